The number of hydrogen-bond donors (Lipinski definition) is 2. The summed E-state index contributed by atoms with van der Waals surface area (Å²) in [6.45, 7) is 5.42. The van der Waals surface area contributed by atoms with Gasteiger partial charge < -0.3 is 24.7 Å². The summed E-state index contributed by atoms with van der Waals surface area (Å²) < 4.78 is 26.8. The van der Waals surface area contributed by atoms with Crippen molar-refractivity contribution < 1.29 is 18.7 Å². The van der Waals surface area contributed by atoms with E-state index in [0.29, 0.717) is 67.0 Å². The summed E-state index contributed by atoms with van der Waals surface area (Å²) in [4.78, 5) is 34.4. The van der Waals surface area contributed by atoms with E-state index in [1.165, 1.54) is 27.8 Å². The third-order valence-corrected chi connectivity index (χ3v) is 6.01. The minimum Gasteiger partial charge on any atom is -0.469 e. The number of carbonyl (C=O) groups is 1. The van der Waals surface area contributed by atoms with Crippen LogP contribution in [0.2, 0.25) is 0 Å². The fraction of sp³-hybridized carbons (Fsp3) is 0.280. The molecular formula is C25H25FN6O4. The van der Waals surface area contributed by atoms with Gasteiger partial charge in [-0.15, -0.1) is 0 Å². The summed E-state index contributed by atoms with van der Waals surface area (Å²) in [6, 6.07) is 6.28. The van der Waals surface area contributed by atoms with Gasteiger partial charge in [0.15, 0.2) is 11.6 Å². The minimum absolute atomic E-state index is 0.179. The number of hydrogen-bond acceptors (Lipinski definition) is 8. The van der Waals surface area contributed by atoms with Crippen LogP contribution in [0.5, 0.6) is 5.88 Å². The number of aryl methyl sites for hydroxylation is 1. The highest BCUT2D eigenvalue weighted by atomic mass is 19.1. The molecule has 186 valence electrons. The SMILES string of the molecule is C=C1COc2ncc(N3C[C@@H](C=CCNCCc4c(F)ccc5ccc(=O)n(C)c45)OC3=O)nc2N1. The van der Waals surface area contributed by atoms with E-state index in [2.05, 4.69) is 27.2 Å². The topological polar surface area (TPSA) is 111 Å². The fourth-order valence-electron chi connectivity index (χ4n) is 4.22. The second-order valence-electron chi connectivity index (χ2n) is 8.51. The van der Waals surface area contributed by atoms with Crippen LogP contribution in [-0.4, -0.2) is 53.0 Å². The molecule has 0 radical (unpaired) electrons. The molecule has 0 bridgehead atoms. The monoisotopic (exact) mass is 492 g/mol. The summed E-state index contributed by atoms with van der Waals surface area (Å²) in [6.07, 6.45) is 4.57. The number of cyclic esters (lactones) is 1. The van der Waals surface area contributed by atoms with Crippen LogP contribution in [0.25, 0.3) is 10.9 Å². The molecule has 3 aromatic rings. The van der Waals surface area contributed by atoms with Crippen molar-refractivity contribution in [2.75, 3.05) is 36.5 Å². The lowest BCUT2D eigenvalue weighted by atomic mass is 10.1. The number of fused-ring (bicyclic) bond motifs is 2. The van der Waals surface area contributed by atoms with Crippen LogP contribution >= 0.6 is 0 Å². The second kappa shape index (κ2) is 9.78. The minimum atomic E-state index is -0.514. The molecule has 1 fully saturated rings. The lowest BCUT2D eigenvalue weighted by Crippen LogP contribution is -2.27. The number of rotatable bonds is 7. The molecule has 0 aliphatic carbocycles. The first kappa shape index (κ1) is 23.5. The van der Waals surface area contributed by atoms with Crippen LogP contribution in [0.3, 0.4) is 0 Å². The van der Waals surface area contributed by atoms with Gasteiger partial charge in [-0.2, -0.15) is 0 Å². The van der Waals surface area contributed by atoms with Gasteiger partial charge in [-0.3, -0.25) is 9.69 Å². The van der Waals surface area contributed by atoms with Gasteiger partial charge in [0.05, 0.1) is 18.3 Å². The standard InChI is InChI=1S/C25H25FN6O4/c1-15-14-35-24-23(29-15)30-20(12-28-24)32-13-17(36-25(32)34)4-3-10-27-11-9-18-19(26)7-5-16-6-8-21(33)31(2)22(16)18/h3-8,12,17,27H,1,9-11,13-14H2,2H3,(H,29,30)/t17-/m1/s1. The number of nitrogens with zero attached hydrogens (tertiary/aromatic N) is 4. The van der Waals surface area contributed by atoms with Gasteiger partial charge in [-0.25, -0.2) is 19.2 Å². The Morgan fingerprint density at radius 2 is 2.14 bits per heavy atom. The number of pyridine rings is 1. The molecule has 10 nitrogen and oxygen atoms in total. The molecule has 4 heterocycles. The Bertz CT molecular complexity index is 1440. The molecule has 5 rings (SSSR count). The highest BCUT2D eigenvalue weighted by Crippen LogP contribution is 2.29. The molecule has 11 heteroatoms. The first-order valence-corrected chi connectivity index (χ1v) is 11.5. The maximum absolute atomic E-state index is 14.5. The van der Waals surface area contributed by atoms with Gasteiger partial charge in [0.1, 0.15) is 18.5 Å². The van der Waals surface area contributed by atoms with E-state index in [9.17, 15) is 14.0 Å². The third-order valence-electron chi connectivity index (χ3n) is 6.01. The van der Waals surface area contributed by atoms with Crippen molar-refractivity contribution in [2.45, 2.75) is 12.5 Å². The van der Waals surface area contributed by atoms with Gasteiger partial charge in [-0.1, -0.05) is 12.7 Å². The first-order valence-electron chi connectivity index (χ1n) is 11.5. The van der Waals surface area contributed by atoms with E-state index in [4.69, 9.17) is 9.47 Å². The van der Waals surface area contributed by atoms with Crippen molar-refractivity contribution in [3.05, 3.63) is 76.6 Å². The first-order chi connectivity index (χ1) is 17.4. The van der Waals surface area contributed by atoms with Crippen LogP contribution in [0.15, 0.2) is 59.7 Å². The summed E-state index contributed by atoms with van der Waals surface area (Å²) in [7, 11) is 1.65. The summed E-state index contributed by atoms with van der Waals surface area (Å²) in [5.41, 5.74) is 1.58. The normalized spacial score (nSPS) is 17.3. The van der Waals surface area contributed by atoms with E-state index in [1.54, 1.807) is 25.3 Å². The Hall–Kier alpha value is -4.25. The predicted molar refractivity (Wildman–Crippen MR) is 133 cm³/mol. The van der Waals surface area contributed by atoms with Crippen molar-refractivity contribution in [3.63, 3.8) is 0 Å². The molecule has 0 unspecified atom stereocenters. The molecular weight excluding hydrogens is 467 g/mol. The van der Waals surface area contributed by atoms with Gasteiger partial charge >= 0.3 is 6.09 Å². The number of benzene rings is 1. The van der Waals surface area contributed by atoms with Gasteiger partial charge in [-0.05, 0) is 42.6 Å². The van der Waals surface area contributed by atoms with Crippen molar-refractivity contribution in [1.29, 1.82) is 0 Å². The summed E-state index contributed by atoms with van der Waals surface area (Å²) >= 11 is 0. The van der Waals surface area contributed by atoms with Crippen LogP contribution in [0, 0.1) is 5.82 Å². The summed E-state index contributed by atoms with van der Waals surface area (Å²) in [5.74, 6) is 0.773. The number of halogens is 1. The summed E-state index contributed by atoms with van der Waals surface area (Å²) in [5, 5.41) is 7.05. The molecule has 1 saturated heterocycles. The smallest absolute Gasteiger partial charge is 0.416 e. The van der Waals surface area contributed by atoms with Crippen molar-refractivity contribution in [2.24, 2.45) is 7.05 Å². The van der Waals surface area contributed by atoms with E-state index in [1.807, 2.05) is 6.08 Å². The zero-order valence-corrected chi connectivity index (χ0v) is 19.7. The lowest BCUT2D eigenvalue weighted by molar-refractivity contribution is 0.160. The Morgan fingerprint density at radius 3 is 3.00 bits per heavy atom. The van der Waals surface area contributed by atoms with Gasteiger partial charge in [0, 0.05) is 30.9 Å². The molecule has 2 aromatic heterocycles. The van der Waals surface area contributed by atoms with Crippen LogP contribution < -0.4 is 25.8 Å². The highest BCUT2D eigenvalue weighted by molar-refractivity contribution is 5.89. The Kier molecular flexibility index (Phi) is 6.38. The number of ether oxygens (including phenoxy) is 2. The third kappa shape index (κ3) is 4.65. The number of aromatic nitrogens is 3. The molecule has 36 heavy (non-hydrogen) atoms. The van der Waals surface area contributed by atoms with E-state index in [0.717, 1.165) is 5.39 Å². The molecule has 2 aliphatic rings. The fourth-order valence-corrected chi connectivity index (χ4v) is 4.22. The van der Waals surface area contributed by atoms with Crippen molar-refractivity contribution >= 4 is 28.6 Å². The predicted octanol–water partition coefficient (Wildman–Crippen LogP) is 2.50. The Balaban J connectivity index is 1.15. The number of carbonyl (C=O) groups excluding carboxylic acids is 1. The Morgan fingerprint density at radius 1 is 1.31 bits per heavy atom. The largest absolute Gasteiger partial charge is 0.469 e. The number of nitrogens with one attached hydrogen (secondary N) is 2. The quantitative estimate of drug-likeness (QED) is 0.382. The highest BCUT2D eigenvalue weighted by Gasteiger charge is 2.32. The van der Waals surface area contributed by atoms with E-state index in [-0.39, 0.29) is 11.4 Å². The maximum atomic E-state index is 14.5. The average molecular weight is 493 g/mol. The maximum Gasteiger partial charge on any atom is 0.416 e. The Labute approximate surface area is 206 Å². The van der Waals surface area contributed by atoms with Crippen LogP contribution in [-0.2, 0) is 18.2 Å². The van der Waals surface area contributed by atoms with E-state index >= 15 is 0 Å². The molecule has 0 saturated carbocycles. The molecule has 1 atom stereocenters. The van der Waals surface area contributed by atoms with Gasteiger partial charge in [0.25, 0.3) is 11.4 Å². The molecule has 2 aliphatic heterocycles. The van der Waals surface area contributed by atoms with E-state index < -0.39 is 12.2 Å². The van der Waals surface area contributed by atoms with Crippen molar-refractivity contribution in [3.8, 4) is 5.88 Å². The van der Waals surface area contributed by atoms with Crippen LogP contribution in [0.4, 0.5) is 20.8 Å². The number of amides is 1. The number of anilines is 2. The molecule has 1 aromatic carbocycles. The van der Waals surface area contributed by atoms with Crippen LogP contribution in [0.1, 0.15) is 5.56 Å². The molecule has 1 amide bonds. The average Bonchev–Trinajstić information content (AvgIpc) is 3.24. The zero-order valence-electron chi connectivity index (χ0n) is 19.7. The van der Waals surface area contributed by atoms with Gasteiger partial charge in [0.2, 0.25) is 0 Å². The zero-order chi connectivity index (χ0) is 25.2. The lowest BCUT2D eigenvalue weighted by Gasteiger charge is -2.20. The second-order valence-corrected chi connectivity index (χ2v) is 8.51. The molecule has 2 N–H and O–H groups in total. The molecule has 0 spiro atoms. The van der Waals surface area contributed by atoms with Crippen molar-refractivity contribution in [1.82, 2.24) is 19.9 Å².